The summed E-state index contributed by atoms with van der Waals surface area (Å²) < 4.78 is 33.9. The van der Waals surface area contributed by atoms with Crippen LogP contribution in [0.15, 0.2) is 22.7 Å². The Labute approximate surface area is 79.5 Å². The second kappa shape index (κ2) is 3.97. The highest BCUT2D eigenvalue weighted by atomic mass is 79.9. The van der Waals surface area contributed by atoms with E-state index in [1.807, 2.05) is 4.72 Å². The molecule has 0 spiro atoms. The lowest BCUT2D eigenvalue weighted by Gasteiger charge is -2.02. The normalized spacial score (nSPS) is 12.6. The molecule has 1 aromatic carbocycles. The molecule has 66 valence electrons. The molecule has 6 heteroatoms. The van der Waals surface area contributed by atoms with E-state index in [9.17, 15) is 8.60 Å². The maximum Gasteiger partial charge on any atom is 0.259 e. The first-order valence-corrected chi connectivity index (χ1v) is 4.83. The number of hydrogen-bond donors (Lipinski definition) is 2. The fourth-order valence-corrected chi connectivity index (χ4v) is 1.39. The number of benzene rings is 1. The standard InChI is InChI=1S/C6H5BrFNO2S/c7-4-2-1-3-5(6(4)8)9-12(10)11/h1-3,9H,(H,10,11). The Bertz CT molecular complexity index is 320. The molecule has 0 aliphatic carbocycles. The summed E-state index contributed by atoms with van der Waals surface area (Å²) in [5.74, 6) is -0.583. The second-order valence-corrected chi connectivity index (χ2v) is 3.51. The van der Waals surface area contributed by atoms with Gasteiger partial charge in [-0.25, -0.2) is 8.60 Å². The van der Waals surface area contributed by atoms with Gasteiger partial charge in [0.05, 0.1) is 10.2 Å². The molecule has 0 bridgehead atoms. The zero-order valence-corrected chi connectivity index (χ0v) is 8.15. The number of anilines is 1. The Hall–Kier alpha value is -0.460. The van der Waals surface area contributed by atoms with Crippen LogP contribution in [-0.4, -0.2) is 8.76 Å². The first-order valence-electron chi connectivity index (χ1n) is 2.93. The van der Waals surface area contributed by atoms with Crippen LogP contribution in [0.2, 0.25) is 0 Å². The molecule has 12 heavy (non-hydrogen) atoms. The Morgan fingerprint density at radius 2 is 2.25 bits per heavy atom. The van der Waals surface area contributed by atoms with Crippen LogP contribution in [0, 0.1) is 5.82 Å². The predicted octanol–water partition coefficient (Wildman–Crippen LogP) is 2.14. The smallest absolute Gasteiger partial charge is 0.259 e. The molecule has 0 radical (unpaired) electrons. The van der Waals surface area contributed by atoms with Crippen molar-refractivity contribution in [1.82, 2.24) is 0 Å². The van der Waals surface area contributed by atoms with Gasteiger partial charge in [-0.2, -0.15) is 0 Å². The number of rotatable bonds is 2. The van der Waals surface area contributed by atoms with Gasteiger partial charge >= 0.3 is 0 Å². The Kier molecular flexibility index (Phi) is 3.19. The summed E-state index contributed by atoms with van der Waals surface area (Å²) in [4.78, 5) is 0. The molecule has 3 nitrogen and oxygen atoms in total. The summed E-state index contributed by atoms with van der Waals surface area (Å²) in [6, 6.07) is 4.43. The molecule has 1 aromatic rings. The van der Waals surface area contributed by atoms with Gasteiger partial charge in [0, 0.05) is 0 Å². The van der Waals surface area contributed by atoms with Gasteiger partial charge in [0.1, 0.15) is 0 Å². The van der Waals surface area contributed by atoms with Gasteiger partial charge in [-0.1, -0.05) is 6.07 Å². The lowest BCUT2D eigenvalue weighted by Crippen LogP contribution is -2.03. The number of nitrogens with one attached hydrogen (secondary N) is 1. The van der Waals surface area contributed by atoms with Gasteiger partial charge in [-0.15, -0.1) is 0 Å². The third kappa shape index (κ3) is 2.26. The highest BCUT2D eigenvalue weighted by Gasteiger charge is 2.06. The third-order valence-electron chi connectivity index (χ3n) is 1.15. The molecule has 0 fully saturated rings. The highest BCUT2D eigenvalue weighted by Crippen LogP contribution is 2.22. The Balaban J connectivity index is 3.00. The molecule has 0 heterocycles. The van der Waals surface area contributed by atoms with Gasteiger partial charge in [0.25, 0.3) is 11.3 Å². The molecule has 1 atom stereocenters. The summed E-state index contributed by atoms with van der Waals surface area (Å²) in [5, 5.41) is 0. The molecule has 1 rings (SSSR count). The van der Waals surface area contributed by atoms with Crippen LogP contribution in [0.3, 0.4) is 0 Å². The van der Waals surface area contributed by atoms with E-state index in [2.05, 4.69) is 15.9 Å². The highest BCUT2D eigenvalue weighted by molar-refractivity contribution is 9.10. The fourth-order valence-electron chi connectivity index (χ4n) is 0.677. The van der Waals surface area contributed by atoms with Crippen LogP contribution in [0.25, 0.3) is 0 Å². The minimum absolute atomic E-state index is 0.00907. The average Bonchev–Trinajstić information content (AvgIpc) is 1.98. The largest absolute Gasteiger partial charge is 0.289 e. The van der Waals surface area contributed by atoms with Crippen molar-refractivity contribution in [1.29, 1.82) is 0 Å². The maximum atomic E-state index is 13.0. The predicted molar refractivity (Wildman–Crippen MR) is 48.5 cm³/mol. The number of halogens is 2. The van der Waals surface area contributed by atoms with Gasteiger partial charge in [-0.05, 0) is 28.1 Å². The summed E-state index contributed by atoms with van der Waals surface area (Å²) in [6.45, 7) is 0. The minimum atomic E-state index is -2.25. The fraction of sp³-hybridized carbons (Fsp3) is 0. The van der Waals surface area contributed by atoms with Crippen LogP contribution < -0.4 is 4.72 Å². The maximum absolute atomic E-state index is 13.0. The van der Waals surface area contributed by atoms with Gasteiger partial charge < -0.3 is 0 Å². The molecule has 1 unspecified atom stereocenters. The first-order chi connectivity index (χ1) is 5.61. The van der Waals surface area contributed by atoms with Crippen molar-refractivity contribution in [2.75, 3.05) is 4.72 Å². The van der Waals surface area contributed by atoms with Crippen molar-refractivity contribution >= 4 is 32.9 Å². The molecule has 0 aliphatic heterocycles. The summed E-state index contributed by atoms with van der Waals surface area (Å²) in [6.07, 6.45) is 0. The monoisotopic (exact) mass is 253 g/mol. The van der Waals surface area contributed by atoms with Crippen molar-refractivity contribution in [3.63, 3.8) is 0 Å². The van der Waals surface area contributed by atoms with E-state index in [1.54, 1.807) is 6.07 Å². The van der Waals surface area contributed by atoms with Crippen LogP contribution >= 0.6 is 15.9 Å². The van der Waals surface area contributed by atoms with Crippen molar-refractivity contribution in [3.05, 3.63) is 28.5 Å². The van der Waals surface area contributed by atoms with Crippen molar-refractivity contribution in [2.45, 2.75) is 0 Å². The molecule has 0 saturated carbocycles. The lowest BCUT2D eigenvalue weighted by molar-refractivity contribution is 0.568. The van der Waals surface area contributed by atoms with Crippen LogP contribution in [0.4, 0.5) is 10.1 Å². The summed E-state index contributed by atoms with van der Waals surface area (Å²) >= 11 is 0.694. The molecule has 0 saturated heterocycles. The van der Waals surface area contributed by atoms with E-state index < -0.39 is 17.1 Å². The lowest BCUT2D eigenvalue weighted by atomic mass is 10.3. The van der Waals surface area contributed by atoms with E-state index >= 15 is 0 Å². The zero-order chi connectivity index (χ0) is 9.14. The van der Waals surface area contributed by atoms with Crippen molar-refractivity contribution in [3.8, 4) is 0 Å². The van der Waals surface area contributed by atoms with Crippen LogP contribution in [0.5, 0.6) is 0 Å². The second-order valence-electron chi connectivity index (χ2n) is 1.95. The summed E-state index contributed by atoms with van der Waals surface area (Å²) in [5.41, 5.74) is -0.00907. The average molecular weight is 254 g/mol. The van der Waals surface area contributed by atoms with Gasteiger partial charge in [0.15, 0.2) is 5.82 Å². The molecular formula is C6H5BrFNO2S. The van der Waals surface area contributed by atoms with E-state index in [4.69, 9.17) is 4.55 Å². The third-order valence-corrected chi connectivity index (χ3v) is 2.16. The topological polar surface area (TPSA) is 49.3 Å². The SMILES string of the molecule is O=S(O)Nc1cccc(Br)c1F. The van der Waals surface area contributed by atoms with Gasteiger partial charge in [-0.3, -0.25) is 9.27 Å². The Morgan fingerprint density at radius 1 is 1.58 bits per heavy atom. The van der Waals surface area contributed by atoms with Crippen LogP contribution in [0.1, 0.15) is 0 Å². The first kappa shape index (κ1) is 9.63. The zero-order valence-electron chi connectivity index (χ0n) is 5.75. The van der Waals surface area contributed by atoms with Gasteiger partial charge in [0.2, 0.25) is 0 Å². The molecule has 0 aromatic heterocycles. The van der Waals surface area contributed by atoms with Crippen LogP contribution in [-0.2, 0) is 11.3 Å². The van der Waals surface area contributed by atoms with E-state index in [0.717, 1.165) is 0 Å². The van der Waals surface area contributed by atoms with E-state index in [0.29, 0.717) is 0 Å². The van der Waals surface area contributed by atoms with E-state index in [-0.39, 0.29) is 10.2 Å². The molecular weight excluding hydrogens is 249 g/mol. The molecule has 0 amide bonds. The van der Waals surface area contributed by atoms with Crippen molar-refractivity contribution in [2.24, 2.45) is 0 Å². The molecule has 0 aliphatic rings. The summed E-state index contributed by atoms with van der Waals surface area (Å²) in [7, 11) is 0. The molecule has 2 N–H and O–H groups in total. The Morgan fingerprint density at radius 3 is 2.83 bits per heavy atom. The minimum Gasteiger partial charge on any atom is -0.289 e. The quantitative estimate of drug-likeness (QED) is 0.794. The number of hydrogen-bond acceptors (Lipinski definition) is 1. The van der Waals surface area contributed by atoms with E-state index in [1.165, 1.54) is 12.1 Å². The van der Waals surface area contributed by atoms with Crippen molar-refractivity contribution < 1.29 is 13.2 Å².